The number of ketones is 1. The molecule has 1 aromatic heterocycles. The average Bonchev–Trinajstić information content (AvgIpc) is 2.94. The maximum atomic E-state index is 14.0. The summed E-state index contributed by atoms with van der Waals surface area (Å²) in [6.07, 6.45) is 9.79. The molecule has 182 valence electrons. The van der Waals surface area contributed by atoms with E-state index >= 15 is 0 Å². The van der Waals surface area contributed by atoms with E-state index in [0.717, 1.165) is 57.7 Å². The first-order valence-electron chi connectivity index (χ1n) is 13.5. The van der Waals surface area contributed by atoms with Crippen LogP contribution in [0.15, 0.2) is 60.8 Å². The van der Waals surface area contributed by atoms with E-state index in [2.05, 4.69) is 69.7 Å². The Balaban J connectivity index is 1.23. The van der Waals surface area contributed by atoms with Gasteiger partial charge < -0.3 is 10.2 Å². The number of para-hydroxylation sites is 1. The first kappa shape index (κ1) is 22.5. The molecular weight excluding hydrogens is 432 g/mol. The summed E-state index contributed by atoms with van der Waals surface area (Å²) < 4.78 is 0. The molecule has 3 aliphatic rings. The molecular formula is C30H36N4O. The molecule has 6 rings (SSSR count). The molecule has 2 aromatic carbocycles. The number of Topliss-reactive ketones (excluding diaryl/α,β-unsaturated/α-hetero) is 1. The van der Waals surface area contributed by atoms with Crippen molar-refractivity contribution in [1.82, 2.24) is 9.88 Å². The van der Waals surface area contributed by atoms with Crippen LogP contribution in [-0.4, -0.2) is 53.9 Å². The summed E-state index contributed by atoms with van der Waals surface area (Å²) in [4.78, 5) is 23.7. The molecule has 5 nitrogen and oxygen atoms in total. The molecule has 1 saturated heterocycles. The average molecular weight is 469 g/mol. The smallest absolute Gasteiger partial charge is 0.155 e. The van der Waals surface area contributed by atoms with Crippen molar-refractivity contribution in [1.29, 1.82) is 0 Å². The van der Waals surface area contributed by atoms with Gasteiger partial charge in [-0.2, -0.15) is 0 Å². The summed E-state index contributed by atoms with van der Waals surface area (Å²) in [5, 5.41) is 6.24. The Hall–Kier alpha value is -2.92. The van der Waals surface area contributed by atoms with Crippen molar-refractivity contribution >= 4 is 28.1 Å². The number of carbonyl (C=O) groups excluding carboxylic acids is 1. The van der Waals surface area contributed by atoms with Gasteiger partial charge >= 0.3 is 0 Å². The second kappa shape index (κ2) is 9.98. The molecule has 2 aliphatic heterocycles. The van der Waals surface area contributed by atoms with E-state index in [9.17, 15) is 4.79 Å². The molecule has 1 aliphatic carbocycles. The fraction of sp³-hybridized carbons (Fsp3) is 0.467. The quantitative estimate of drug-likeness (QED) is 0.551. The number of hydrogen-bond acceptors (Lipinski definition) is 5. The van der Waals surface area contributed by atoms with Gasteiger partial charge in [-0.25, -0.2) is 4.98 Å². The first-order chi connectivity index (χ1) is 17.3. The van der Waals surface area contributed by atoms with Gasteiger partial charge in [0.05, 0.1) is 6.04 Å². The number of piperazine rings is 1. The van der Waals surface area contributed by atoms with Gasteiger partial charge in [0.1, 0.15) is 5.82 Å². The van der Waals surface area contributed by atoms with Gasteiger partial charge in [0.2, 0.25) is 0 Å². The Bertz CT molecular complexity index is 1170. The number of rotatable bonds is 5. The lowest BCUT2D eigenvalue weighted by Crippen LogP contribution is -2.60. The topological polar surface area (TPSA) is 48.5 Å². The van der Waals surface area contributed by atoms with Crippen LogP contribution in [0.1, 0.15) is 44.1 Å². The molecule has 3 aromatic rings. The largest absolute Gasteiger partial charge is 0.380 e. The van der Waals surface area contributed by atoms with Gasteiger partial charge in [-0.05, 0) is 48.8 Å². The van der Waals surface area contributed by atoms with Crippen LogP contribution in [0.5, 0.6) is 0 Å². The van der Waals surface area contributed by atoms with E-state index in [1.54, 1.807) is 0 Å². The molecule has 0 amide bonds. The van der Waals surface area contributed by atoms with Crippen molar-refractivity contribution in [2.45, 2.75) is 57.0 Å². The summed E-state index contributed by atoms with van der Waals surface area (Å²) in [7, 11) is 0. The number of nitrogens with zero attached hydrogens (tertiary/aromatic N) is 3. The minimum Gasteiger partial charge on any atom is -0.380 e. The van der Waals surface area contributed by atoms with Gasteiger partial charge in [0.25, 0.3) is 0 Å². The highest BCUT2D eigenvalue weighted by molar-refractivity contribution is 5.92. The van der Waals surface area contributed by atoms with Crippen LogP contribution >= 0.6 is 0 Å². The number of aromatic nitrogens is 1. The molecule has 0 spiro atoms. The molecule has 1 N–H and O–H groups in total. The molecule has 1 saturated carbocycles. The molecule has 5 heteroatoms. The second-order valence-electron chi connectivity index (χ2n) is 10.5. The van der Waals surface area contributed by atoms with Crippen molar-refractivity contribution in [3.8, 4) is 0 Å². The van der Waals surface area contributed by atoms with Gasteiger partial charge in [-0.1, -0.05) is 61.7 Å². The molecule has 3 heterocycles. The van der Waals surface area contributed by atoms with Gasteiger partial charge in [-0.3, -0.25) is 9.69 Å². The third-order valence-corrected chi connectivity index (χ3v) is 8.42. The fourth-order valence-corrected chi connectivity index (χ4v) is 6.53. The van der Waals surface area contributed by atoms with Crippen LogP contribution in [0.4, 0.5) is 11.5 Å². The van der Waals surface area contributed by atoms with Crippen LogP contribution in [-0.2, 0) is 11.2 Å². The van der Waals surface area contributed by atoms with Crippen molar-refractivity contribution in [3.05, 3.63) is 66.4 Å². The lowest BCUT2D eigenvalue weighted by molar-refractivity contribution is -0.130. The predicted molar refractivity (Wildman–Crippen MR) is 143 cm³/mol. The van der Waals surface area contributed by atoms with E-state index in [-0.39, 0.29) is 18.0 Å². The van der Waals surface area contributed by atoms with E-state index in [1.807, 2.05) is 6.20 Å². The van der Waals surface area contributed by atoms with E-state index in [1.165, 1.54) is 41.3 Å². The van der Waals surface area contributed by atoms with E-state index in [0.29, 0.717) is 5.78 Å². The Kier molecular flexibility index (Phi) is 6.43. The number of pyridine rings is 1. The third-order valence-electron chi connectivity index (χ3n) is 8.42. The molecule has 35 heavy (non-hydrogen) atoms. The number of carbonyl (C=O) groups is 1. The SMILES string of the molecule is O=C(C1CCCCC1)C(C1CCc2ccccc2N1)N1CCN(c2nccc3ccccc23)CC1. The van der Waals surface area contributed by atoms with Gasteiger partial charge in [0, 0.05) is 55.4 Å². The molecule has 0 radical (unpaired) electrons. The van der Waals surface area contributed by atoms with Crippen LogP contribution in [0.25, 0.3) is 10.8 Å². The Morgan fingerprint density at radius 3 is 2.51 bits per heavy atom. The van der Waals surface area contributed by atoms with Crippen LogP contribution < -0.4 is 10.2 Å². The zero-order chi connectivity index (χ0) is 23.6. The summed E-state index contributed by atoms with van der Waals surface area (Å²) in [6.45, 7) is 3.60. The standard InChI is InChI=1S/C30H36N4O/c35-29(24-10-2-1-3-11-24)28(27-15-14-23-9-5-7-13-26(23)32-27)33-18-20-34(21-19-33)30-25-12-6-4-8-22(25)16-17-31-30/h4-9,12-13,16-17,24,27-28,32H,1-3,10-11,14-15,18-21H2. The molecule has 2 atom stereocenters. The summed E-state index contributed by atoms with van der Waals surface area (Å²) >= 11 is 0. The lowest BCUT2D eigenvalue weighted by atomic mass is 9.80. The minimum absolute atomic E-state index is 0.0471. The highest BCUT2D eigenvalue weighted by Gasteiger charge is 2.40. The maximum Gasteiger partial charge on any atom is 0.155 e. The van der Waals surface area contributed by atoms with Crippen molar-refractivity contribution in [2.24, 2.45) is 5.92 Å². The van der Waals surface area contributed by atoms with Crippen LogP contribution in [0, 0.1) is 5.92 Å². The zero-order valence-corrected chi connectivity index (χ0v) is 20.5. The first-order valence-corrected chi connectivity index (χ1v) is 13.5. The normalized spacial score (nSPS) is 22.4. The van der Waals surface area contributed by atoms with Crippen LogP contribution in [0.3, 0.4) is 0 Å². The third kappa shape index (κ3) is 4.54. The minimum atomic E-state index is -0.0471. The second-order valence-corrected chi connectivity index (χ2v) is 10.5. The molecule has 2 fully saturated rings. The number of nitrogens with one attached hydrogen (secondary N) is 1. The lowest BCUT2D eigenvalue weighted by Gasteiger charge is -2.44. The Labute approximate surface area is 208 Å². The highest BCUT2D eigenvalue weighted by Crippen LogP contribution is 2.33. The Morgan fingerprint density at radius 2 is 1.66 bits per heavy atom. The molecule has 0 bridgehead atoms. The summed E-state index contributed by atoms with van der Waals surface area (Å²) in [5.74, 6) is 1.78. The summed E-state index contributed by atoms with van der Waals surface area (Å²) in [6, 6.07) is 19.3. The highest BCUT2D eigenvalue weighted by atomic mass is 16.1. The number of benzene rings is 2. The maximum absolute atomic E-state index is 14.0. The van der Waals surface area contributed by atoms with Crippen LogP contribution in [0.2, 0.25) is 0 Å². The monoisotopic (exact) mass is 468 g/mol. The van der Waals surface area contributed by atoms with Crippen molar-refractivity contribution in [3.63, 3.8) is 0 Å². The van der Waals surface area contributed by atoms with Gasteiger partial charge in [0.15, 0.2) is 5.78 Å². The Morgan fingerprint density at radius 1 is 0.886 bits per heavy atom. The van der Waals surface area contributed by atoms with E-state index < -0.39 is 0 Å². The van der Waals surface area contributed by atoms with Gasteiger partial charge in [-0.15, -0.1) is 0 Å². The zero-order valence-electron chi connectivity index (χ0n) is 20.5. The van der Waals surface area contributed by atoms with Crippen molar-refractivity contribution in [2.75, 3.05) is 36.4 Å². The summed E-state index contributed by atoms with van der Waals surface area (Å²) in [5.41, 5.74) is 2.59. The fourth-order valence-electron chi connectivity index (χ4n) is 6.53. The predicted octanol–water partition coefficient (Wildman–Crippen LogP) is 5.30. The number of fused-ring (bicyclic) bond motifs is 2. The van der Waals surface area contributed by atoms with E-state index in [4.69, 9.17) is 4.98 Å². The number of anilines is 2. The number of hydrogen-bond donors (Lipinski definition) is 1. The van der Waals surface area contributed by atoms with Crippen molar-refractivity contribution < 1.29 is 4.79 Å². The number of aryl methyl sites for hydroxylation is 1. The molecule has 2 unspecified atom stereocenters.